The number of thiocarbonyl (C=S) groups is 1. The van der Waals surface area contributed by atoms with Gasteiger partial charge < -0.3 is 9.80 Å². The molecule has 1 aromatic carbocycles. The molecule has 0 aromatic heterocycles. The van der Waals surface area contributed by atoms with Crippen LogP contribution in [0.25, 0.3) is 4.85 Å². The maximum Gasteiger partial charge on any atom is 0.407 e. The molecule has 0 bridgehead atoms. The van der Waals surface area contributed by atoms with Gasteiger partial charge in [-0.05, 0) is 38.2 Å². The van der Waals surface area contributed by atoms with E-state index < -0.39 is 44.8 Å². The smallest absolute Gasteiger partial charge is 0.368 e. The summed E-state index contributed by atoms with van der Waals surface area (Å²) in [4.78, 5) is 19.1. The van der Waals surface area contributed by atoms with Crippen molar-refractivity contribution in [3.63, 3.8) is 0 Å². The molecule has 0 spiro atoms. The number of rotatable bonds is 5. The van der Waals surface area contributed by atoms with Crippen LogP contribution < -0.4 is 4.90 Å². The highest BCUT2D eigenvalue weighted by Crippen LogP contribution is 2.40. The second-order valence-electron chi connectivity index (χ2n) is 7.12. The van der Waals surface area contributed by atoms with E-state index in [9.17, 15) is 26.4 Å². The van der Waals surface area contributed by atoms with E-state index >= 15 is 0 Å². The Morgan fingerprint density at radius 2 is 1.93 bits per heavy atom. The van der Waals surface area contributed by atoms with Gasteiger partial charge in [0, 0.05) is 19.8 Å². The highest BCUT2D eigenvalue weighted by molar-refractivity contribution is 7.90. The van der Waals surface area contributed by atoms with Gasteiger partial charge in [0.05, 0.1) is 12.1 Å². The van der Waals surface area contributed by atoms with Gasteiger partial charge >= 0.3 is 6.18 Å². The summed E-state index contributed by atoms with van der Waals surface area (Å²) in [5, 5.41) is -0.280. The first-order valence-electron chi connectivity index (χ1n) is 8.31. The number of anilines is 1. The molecule has 1 aliphatic rings. The van der Waals surface area contributed by atoms with Gasteiger partial charge in [-0.15, -0.1) is 0 Å². The van der Waals surface area contributed by atoms with Gasteiger partial charge in [0.25, 0.3) is 15.9 Å². The van der Waals surface area contributed by atoms with Gasteiger partial charge in [-0.25, -0.2) is 13.3 Å². The summed E-state index contributed by atoms with van der Waals surface area (Å²) in [6, 6.07) is 2.75. The molecule has 2 rings (SSSR count). The summed E-state index contributed by atoms with van der Waals surface area (Å²) in [7, 11) is -0.929. The van der Waals surface area contributed by atoms with Crippen LogP contribution in [0.4, 0.5) is 24.5 Å². The standard InChI is InChI=1S/C17H18F3N5O3S2/c1-16(2)14(26)25(11-6-7-13(21-3)12(8-11)17(18,19)20)15(29)24(16)10-30(27,28)22-9-23(4)5/h6-9H,10H2,1-2,4-5H3/b22-9+. The monoisotopic (exact) mass is 461 g/mol. The van der Waals surface area contributed by atoms with Crippen molar-refractivity contribution in [2.24, 2.45) is 4.40 Å². The van der Waals surface area contributed by atoms with Crippen LogP contribution in [0.3, 0.4) is 0 Å². The van der Waals surface area contributed by atoms with Gasteiger partial charge in [0.2, 0.25) is 0 Å². The molecule has 0 aliphatic carbocycles. The molecule has 0 saturated carbocycles. The third-order valence-electron chi connectivity index (χ3n) is 4.22. The van der Waals surface area contributed by atoms with Crippen molar-refractivity contribution < 1.29 is 26.4 Å². The van der Waals surface area contributed by atoms with Crippen molar-refractivity contribution in [2.75, 3.05) is 24.9 Å². The lowest BCUT2D eigenvalue weighted by molar-refractivity contribution is -0.136. The van der Waals surface area contributed by atoms with Crippen molar-refractivity contribution in [1.29, 1.82) is 0 Å². The molecule has 30 heavy (non-hydrogen) atoms. The Hall–Kier alpha value is -2.72. The molecule has 0 radical (unpaired) electrons. The lowest BCUT2D eigenvalue weighted by Gasteiger charge is -2.28. The highest BCUT2D eigenvalue weighted by atomic mass is 32.2. The number of amides is 1. The largest absolute Gasteiger partial charge is 0.407 e. The average molecular weight is 461 g/mol. The maximum absolute atomic E-state index is 13.3. The van der Waals surface area contributed by atoms with E-state index in [-0.39, 0.29) is 10.8 Å². The zero-order chi connectivity index (χ0) is 23.1. The SMILES string of the molecule is [C-]#[N+]c1ccc(N2C(=O)C(C)(C)N(CS(=O)(=O)/N=C/N(C)C)C2=S)cc1C(F)(F)F. The number of carbonyl (C=O) groups excluding carboxylic acids is 1. The van der Waals surface area contributed by atoms with E-state index in [2.05, 4.69) is 9.24 Å². The second-order valence-corrected chi connectivity index (χ2v) is 9.11. The van der Waals surface area contributed by atoms with Crippen LogP contribution >= 0.6 is 12.2 Å². The van der Waals surface area contributed by atoms with Crippen LogP contribution in [0.2, 0.25) is 0 Å². The van der Waals surface area contributed by atoms with Crippen LogP contribution in [-0.4, -0.2) is 61.1 Å². The predicted molar refractivity (Wildman–Crippen MR) is 110 cm³/mol. The molecular formula is C17H18F3N5O3S2. The Kier molecular flexibility index (Phi) is 6.16. The first-order chi connectivity index (χ1) is 13.6. The highest BCUT2D eigenvalue weighted by Gasteiger charge is 2.51. The van der Waals surface area contributed by atoms with Gasteiger partial charge in [-0.2, -0.15) is 17.6 Å². The fourth-order valence-corrected chi connectivity index (χ4v) is 4.36. The quantitative estimate of drug-likeness (QED) is 0.291. The summed E-state index contributed by atoms with van der Waals surface area (Å²) < 4.78 is 68.0. The number of carbonyl (C=O) groups is 1. The molecular weight excluding hydrogens is 443 g/mol. The Balaban J connectivity index is 2.50. The molecule has 0 unspecified atom stereocenters. The van der Waals surface area contributed by atoms with Crippen molar-refractivity contribution >= 4 is 51.0 Å². The summed E-state index contributed by atoms with van der Waals surface area (Å²) in [6.45, 7) is 9.73. The van der Waals surface area contributed by atoms with E-state index in [1.165, 1.54) is 18.7 Å². The lowest BCUT2D eigenvalue weighted by Crippen LogP contribution is -2.46. The summed E-state index contributed by atoms with van der Waals surface area (Å²) >= 11 is 5.23. The number of hydrogen-bond donors (Lipinski definition) is 0. The third-order valence-corrected chi connectivity index (χ3v) is 5.62. The average Bonchev–Trinajstić information content (AvgIpc) is 2.78. The molecule has 1 aromatic rings. The van der Waals surface area contributed by atoms with Crippen LogP contribution in [0.5, 0.6) is 0 Å². The molecule has 1 fully saturated rings. The van der Waals surface area contributed by atoms with Crippen LogP contribution in [-0.2, 0) is 21.0 Å². The number of sulfonamides is 1. The van der Waals surface area contributed by atoms with Crippen LogP contribution in [0.1, 0.15) is 19.4 Å². The lowest BCUT2D eigenvalue weighted by atomic mass is 10.0. The van der Waals surface area contributed by atoms with E-state index in [0.717, 1.165) is 28.3 Å². The predicted octanol–water partition coefficient (Wildman–Crippen LogP) is 2.85. The van der Waals surface area contributed by atoms with E-state index in [4.69, 9.17) is 18.8 Å². The van der Waals surface area contributed by atoms with Gasteiger partial charge in [0.15, 0.2) is 10.8 Å². The Morgan fingerprint density at radius 1 is 1.33 bits per heavy atom. The van der Waals surface area contributed by atoms with Crippen molar-refractivity contribution in [3.05, 3.63) is 35.2 Å². The Bertz CT molecular complexity index is 1060. The minimum atomic E-state index is -4.82. The molecule has 0 atom stereocenters. The third kappa shape index (κ3) is 4.54. The number of alkyl halides is 3. The first kappa shape index (κ1) is 23.6. The topological polar surface area (TPSA) is 77.6 Å². The van der Waals surface area contributed by atoms with Crippen LogP contribution in [0, 0.1) is 6.57 Å². The molecule has 8 nitrogen and oxygen atoms in total. The van der Waals surface area contributed by atoms with Crippen molar-refractivity contribution in [2.45, 2.75) is 25.6 Å². The molecule has 162 valence electrons. The number of nitrogens with zero attached hydrogens (tertiary/aromatic N) is 5. The number of benzene rings is 1. The number of hydrogen-bond acceptors (Lipinski definition) is 4. The van der Waals surface area contributed by atoms with E-state index in [1.54, 1.807) is 14.1 Å². The zero-order valence-corrected chi connectivity index (χ0v) is 18.1. The molecule has 13 heteroatoms. The maximum atomic E-state index is 13.3. The molecule has 1 aliphatic heterocycles. The van der Waals surface area contributed by atoms with E-state index in [1.807, 2.05) is 0 Å². The molecule has 1 amide bonds. The fourth-order valence-electron chi connectivity index (χ4n) is 2.63. The molecule has 0 N–H and O–H groups in total. The fraction of sp³-hybridized carbons (Fsp3) is 0.412. The molecule has 1 saturated heterocycles. The summed E-state index contributed by atoms with van der Waals surface area (Å²) in [5.41, 5.74) is -3.51. The van der Waals surface area contributed by atoms with Gasteiger partial charge in [0.1, 0.15) is 17.8 Å². The van der Waals surface area contributed by atoms with E-state index in [0.29, 0.717) is 6.07 Å². The van der Waals surface area contributed by atoms with Crippen LogP contribution in [0.15, 0.2) is 22.6 Å². The van der Waals surface area contributed by atoms with Gasteiger partial charge in [-0.1, -0.05) is 6.07 Å². The van der Waals surface area contributed by atoms with Crippen molar-refractivity contribution in [1.82, 2.24) is 9.80 Å². The zero-order valence-electron chi connectivity index (χ0n) is 16.4. The van der Waals surface area contributed by atoms with Crippen molar-refractivity contribution in [3.8, 4) is 0 Å². The Labute approximate surface area is 177 Å². The minimum absolute atomic E-state index is 0.213. The Morgan fingerprint density at radius 3 is 2.43 bits per heavy atom. The second kappa shape index (κ2) is 7.84. The van der Waals surface area contributed by atoms with Gasteiger partial charge in [-0.3, -0.25) is 9.69 Å². The minimum Gasteiger partial charge on any atom is -0.368 e. The number of halogens is 3. The summed E-state index contributed by atoms with van der Waals surface area (Å²) in [5.74, 6) is -1.44. The summed E-state index contributed by atoms with van der Waals surface area (Å²) in [6.07, 6.45) is -3.75. The first-order valence-corrected chi connectivity index (χ1v) is 10.3. The molecule has 1 heterocycles. The normalized spacial score (nSPS) is 17.0.